The van der Waals surface area contributed by atoms with Gasteiger partial charge < -0.3 is 5.11 Å². The lowest BCUT2D eigenvalue weighted by molar-refractivity contribution is 0.0692. The van der Waals surface area contributed by atoms with E-state index in [4.69, 9.17) is 5.11 Å². The molecule has 26 heavy (non-hydrogen) atoms. The SMILES string of the molecule is CC1CCC2CC(c3ccc4cc(C(=O)O)c(F)cc4c3F)CCC2C1. The van der Waals surface area contributed by atoms with Crippen molar-refractivity contribution in [2.75, 3.05) is 0 Å². The summed E-state index contributed by atoms with van der Waals surface area (Å²) in [5, 5.41) is 9.67. The summed E-state index contributed by atoms with van der Waals surface area (Å²) in [5.41, 5.74) is 0.249. The molecule has 1 N–H and O–H groups in total. The van der Waals surface area contributed by atoms with E-state index < -0.39 is 17.3 Å². The van der Waals surface area contributed by atoms with E-state index in [0.29, 0.717) is 16.9 Å². The summed E-state index contributed by atoms with van der Waals surface area (Å²) in [6.07, 6.45) is 6.91. The van der Waals surface area contributed by atoms with Crippen LogP contribution in [0.3, 0.4) is 0 Å². The molecule has 0 saturated heterocycles. The minimum absolute atomic E-state index is 0.177. The zero-order chi connectivity index (χ0) is 18.4. The van der Waals surface area contributed by atoms with Gasteiger partial charge in [0, 0.05) is 5.39 Å². The first kappa shape index (κ1) is 17.4. The highest BCUT2D eigenvalue weighted by Gasteiger charge is 2.35. The second kappa shape index (κ2) is 6.64. The van der Waals surface area contributed by atoms with Gasteiger partial charge in [0.05, 0.1) is 5.56 Å². The highest BCUT2D eigenvalue weighted by molar-refractivity contribution is 5.95. The second-order valence-corrected chi connectivity index (χ2v) is 8.28. The number of aromatic carboxylic acids is 1. The van der Waals surface area contributed by atoms with Gasteiger partial charge in [-0.05, 0) is 78.9 Å². The number of hydrogen-bond donors (Lipinski definition) is 1. The topological polar surface area (TPSA) is 37.3 Å². The van der Waals surface area contributed by atoms with Gasteiger partial charge >= 0.3 is 5.97 Å². The molecule has 4 rings (SSSR count). The summed E-state index contributed by atoms with van der Waals surface area (Å²) in [5.74, 6) is -0.177. The molecule has 4 atom stereocenters. The summed E-state index contributed by atoms with van der Waals surface area (Å²) in [4.78, 5) is 11.1. The van der Waals surface area contributed by atoms with Crippen LogP contribution in [0.15, 0.2) is 24.3 Å². The molecule has 0 bridgehead atoms. The molecule has 2 aliphatic carbocycles. The summed E-state index contributed by atoms with van der Waals surface area (Å²) in [6.45, 7) is 2.32. The Morgan fingerprint density at radius 1 is 1.04 bits per heavy atom. The Balaban J connectivity index is 1.66. The first-order valence-corrected chi connectivity index (χ1v) is 9.59. The monoisotopic (exact) mass is 358 g/mol. The van der Waals surface area contributed by atoms with Gasteiger partial charge in [-0.2, -0.15) is 0 Å². The van der Waals surface area contributed by atoms with Gasteiger partial charge in [0.25, 0.3) is 0 Å². The predicted octanol–water partition coefficient (Wildman–Crippen LogP) is 6.14. The number of carboxylic acids is 1. The highest BCUT2D eigenvalue weighted by atomic mass is 19.1. The van der Waals surface area contributed by atoms with Crippen LogP contribution in [-0.4, -0.2) is 11.1 Å². The van der Waals surface area contributed by atoms with E-state index in [1.807, 2.05) is 0 Å². The standard InChI is InChI=1S/C22H24F2O2/c1-12-2-3-14-9-15(5-4-13(14)8-12)17-7-6-16-10-19(22(25)26)20(23)11-18(16)21(17)24/h6-7,10-15H,2-5,8-9H2,1H3,(H,25,26). The van der Waals surface area contributed by atoms with E-state index in [0.717, 1.165) is 37.2 Å². The number of hydrogen-bond acceptors (Lipinski definition) is 1. The molecule has 138 valence electrons. The maximum absolute atomic E-state index is 15.1. The van der Waals surface area contributed by atoms with Crippen LogP contribution in [0.1, 0.15) is 67.3 Å². The average Bonchev–Trinajstić information content (AvgIpc) is 2.61. The van der Waals surface area contributed by atoms with Gasteiger partial charge in [-0.1, -0.05) is 25.5 Å². The van der Waals surface area contributed by atoms with Gasteiger partial charge in [0.1, 0.15) is 11.6 Å². The Hall–Kier alpha value is -1.97. The van der Waals surface area contributed by atoms with Crippen molar-refractivity contribution in [1.29, 1.82) is 0 Å². The molecule has 0 spiro atoms. The van der Waals surface area contributed by atoms with E-state index in [2.05, 4.69) is 6.92 Å². The predicted molar refractivity (Wildman–Crippen MR) is 97.4 cm³/mol. The number of carboxylic acid groups (broad SMARTS) is 1. The maximum atomic E-state index is 15.1. The number of carbonyl (C=O) groups is 1. The number of rotatable bonds is 2. The Morgan fingerprint density at radius 2 is 1.77 bits per heavy atom. The van der Waals surface area contributed by atoms with E-state index in [1.165, 1.54) is 25.3 Å². The van der Waals surface area contributed by atoms with Gasteiger partial charge in [-0.25, -0.2) is 13.6 Å². The van der Waals surface area contributed by atoms with Crippen molar-refractivity contribution >= 4 is 16.7 Å². The molecular formula is C22H24F2O2. The lowest BCUT2D eigenvalue weighted by atomic mass is 9.64. The molecule has 0 aromatic heterocycles. The van der Waals surface area contributed by atoms with Crippen LogP contribution in [0.2, 0.25) is 0 Å². The minimum Gasteiger partial charge on any atom is -0.478 e. The summed E-state index contributed by atoms with van der Waals surface area (Å²) in [6, 6.07) is 5.76. The van der Waals surface area contributed by atoms with Crippen LogP contribution in [0.4, 0.5) is 8.78 Å². The largest absolute Gasteiger partial charge is 0.478 e. The smallest absolute Gasteiger partial charge is 0.338 e. The molecule has 2 aromatic carbocycles. The van der Waals surface area contributed by atoms with Crippen molar-refractivity contribution in [3.63, 3.8) is 0 Å². The van der Waals surface area contributed by atoms with Crippen LogP contribution in [0.25, 0.3) is 10.8 Å². The number of benzene rings is 2. The Morgan fingerprint density at radius 3 is 2.54 bits per heavy atom. The number of halogens is 2. The maximum Gasteiger partial charge on any atom is 0.338 e. The van der Waals surface area contributed by atoms with Crippen molar-refractivity contribution in [3.05, 3.63) is 47.0 Å². The van der Waals surface area contributed by atoms with E-state index in [9.17, 15) is 9.18 Å². The van der Waals surface area contributed by atoms with E-state index >= 15 is 4.39 Å². The minimum atomic E-state index is -1.33. The molecule has 0 radical (unpaired) electrons. The lowest BCUT2D eigenvalue weighted by Crippen LogP contribution is -2.29. The van der Waals surface area contributed by atoms with Crippen molar-refractivity contribution in [2.24, 2.45) is 17.8 Å². The Labute approximate surface area is 152 Å². The molecule has 2 aliphatic rings. The molecule has 2 fully saturated rings. The molecule has 0 heterocycles. The third kappa shape index (κ3) is 3.00. The molecule has 4 heteroatoms. The van der Waals surface area contributed by atoms with E-state index in [-0.39, 0.29) is 17.1 Å². The van der Waals surface area contributed by atoms with E-state index in [1.54, 1.807) is 12.1 Å². The van der Waals surface area contributed by atoms with Crippen molar-refractivity contribution in [3.8, 4) is 0 Å². The molecular weight excluding hydrogens is 334 g/mol. The third-order valence-electron chi connectivity index (χ3n) is 6.62. The Kier molecular flexibility index (Phi) is 4.45. The molecule has 2 nitrogen and oxygen atoms in total. The Bertz CT molecular complexity index is 861. The summed E-state index contributed by atoms with van der Waals surface area (Å²) < 4.78 is 29.2. The first-order valence-electron chi connectivity index (χ1n) is 9.59. The quantitative estimate of drug-likeness (QED) is 0.700. The van der Waals surface area contributed by atoms with Crippen LogP contribution in [0, 0.1) is 29.4 Å². The zero-order valence-corrected chi connectivity index (χ0v) is 15.0. The first-order chi connectivity index (χ1) is 12.4. The normalized spacial score (nSPS) is 28.7. The summed E-state index contributed by atoms with van der Waals surface area (Å²) in [7, 11) is 0. The third-order valence-corrected chi connectivity index (χ3v) is 6.62. The zero-order valence-electron chi connectivity index (χ0n) is 15.0. The fourth-order valence-corrected chi connectivity index (χ4v) is 5.21. The van der Waals surface area contributed by atoms with Crippen LogP contribution in [0.5, 0.6) is 0 Å². The summed E-state index contributed by atoms with van der Waals surface area (Å²) >= 11 is 0. The van der Waals surface area contributed by atoms with Crippen molar-refractivity contribution in [2.45, 2.75) is 51.4 Å². The molecule has 0 aliphatic heterocycles. The van der Waals surface area contributed by atoms with Crippen LogP contribution < -0.4 is 0 Å². The number of fused-ring (bicyclic) bond motifs is 2. The van der Waals surface area contributed by atoms with Gasteiger partial charge in [0.15, 0.2) is 0 Å². The van der Waals surface area contributed by atoms with Gasteiger partial charge in [-0.15, -0.1) is 0 Å². The van der Waals surface area contributed by atoms with Gasteiger partial charge in [0.2, 0.25) is 0 Å². The molecule has 2 aromatic rings. The van der Waals surface area contributed by atoms with Crippen molar-refractivity contribution in [1.82, 2.24) is 0 Å². The fourth-order valence-electron chi connectivity index (χ4n) is 5.21. The van der Waals surface area contributed by atoms with Crippen LogP contribution >= 0.6 is 0 Å². The lowest BCUT2D eigenvalue weighted by Gasteiger charge is -2.41. The second-order valence-electron chi connectivity index (χ2n) is 8.28. The van der Waals surface area contributed by atoms with Gasteiger partial charge in [-0.3, -0.25) is 0 Å². The van der Waals surface area contributed by atoms with Crippen LogP contribution in [-0.2, 0) is 0 Å². The molecule has 0 amide bonds. The fraction of sp³-hybridized carbons (Fsp3) is 0.500. The average molecular weight is 358 g/mol. The molecule has 2 saturated carbocycles. The highest BCUT2D eigenvalue weighted by Crippen LogP contribution is 2.48. The molecule has 4 unspecified atom stereocenters. The van der Waals surface area contributed by atoms with Crippen molar-refractivity contribution < 1.29 is 18.7 Å².